The maximum absolute atomic E-state index is 5.42. The molecule has 1 aromatic rings. The van der Waals surface area contributed by atoms with Crippen molar-refractivity contribution >= 4 is 11.6 Å². The van der Waals surface area contributed by atoms with Gasteiger partial charge in [0.15, 0.2) is 0 Å². The molecule has 0 spiro atoms. The van der Waals surface area contributed by atoms with Crippen LogP contribution in [0, 0.1) is 0 Å². The molecule has 0 bridgehead atoms. The maximum atomic E-state index is 5.42. The first-order valence-corrected chi connectivity index (χ1v) is 6.89. The van der Waals surface area contributed by atoms with E-state index in [0.717, 1.165) is 57.2 Å². The van der Waals surface area contributed by atoms with Crippen molar-refractivity contribution in [3.05, 3.63) is 18.2 Å². The smallest absolute Gasteiger partial charge is 0.128 e. The van der Waals surface area contributed by atoms with Crippen LogP contribution in [-0.4, -0.2) is 31.3 Å². The van der Waals surface area contributed by atoms with Gasteiger partial charge in [-0.3, -0.25) is 0 Å². The number of hydrogen-bond acceptors (Lipinski definition) is 4. The summed E-state index contributed by atoms with van der Waals surface area (Å²) in [6, 6.07) is 6.00. The second kappa shape index (κ2) is 9.71. The van der Waals surface area contributed by atoms with Gasteiger partial charge in [0, 0.05) is 26.3 Å². The number of aromatic nitrogens is 1. The van der Waals surface area contributed by atoms with E-state index in [0.29, 0.717) is 0 Å². The number of nitrogens with zero attached hydrogens (tertiary/aromatic N) is 1. The molecule has 0 atom stereocenters. The molecule has 0 aliphatic rings. The Kier molecular flexibility index (Phi) is 7.97. The van der Waals surface area contributed by atoms with Crippen molar-refractivity contribution in [3.8, 4) is 0 Å². The predicted octanol–water partition coefficient (Wildman–Crippen LogP) is 3.13. The van der Waals surface area contributed by atoms with Crippen LogP contribution in [0.2, 0.25) is 0 Å². The number of pyridine rings is 1. The van der Waals surface area contributed by atoms with E-state index in [9.17, 15) is 0 Å². The lowest BCUT2D eigenvalue weighted by atomic mass is 10.4. The standard InChI is InChI=1S/C14H25N3O/c1-3-9-15-13-7-5-8-14(17-13)16-10-6-12-18-11-4-2/h5,7-8H,3-4,6,9-12H2,1-2H3,(H2,15,16,17). The molecule has 0 fully saturated rings. The Morgan fingerprint density at radius 3 is 2.39 bits per heavy atom. The lowest BCUT2D eigenvalue weighted by Gasteiger charge is -2.08. The SMILES string of the molecule is CCCNc1cccc(NCCCOCCC)n1. The van der Waals surface area contributed by atoms with Crippen molar-refractivity contribution in [1.29, 1.82) is 0 Å². The zero-order chi connectivity index (χ0) is 13.1. The van der Waals surface area contributed by atoms with Gasteiger partial charge in [0.1, 0.15) is 11.6 Å². The molecule has 0 aliphatic carbocycles. The zero-order valence-electron chi connectivity index (χ0n) is 11.5. The largest absolute Gasteiger partial charge is 0.381 e. The van der Waals surface area contributed by atoms with Crippen molar-refractivity contribution in [2.75, 3.05) is 36.9 Å². The Morgan fingerprint density at radius 1 is 1.00 bits per heavy atom. The topological polar surface area (TPSA) is 46.2 Å². The molecular formula is C14H25N3O. The van der Waals surface area contributed by atoms with Gasteiger partial charge in [-0.25, -0.2) is 4.98 Å². The molecule has 1 heterocycles. The van der Waals surface area contributed by atoms with Gasteiger partial charge in [0.2, 0.25) is 0 Å². The molecule has 1 aromatic heterocycles. The van der Waals surface area contributed by atoms with E-state index in [-0.39, 0.29) is 0 Å². The van der Waals surface area contributed by atoms with E-state index in [1.165, 1.54) is 0 Å². The summed E-state index contributed by atoms with van der Waals surface area (Å²) >= 11 is 0. The van der Waals surface area contributed by atoms with Gasteiger partial charge in [-0.05, 0) is 31.4 Å². The quantitative estimate of drug-likeness (QED) is 0.627. The average molecular weight is 251 g/mol. The molecule has 2 N–H and O–H groups in total. The van der Waals surface area contributed by atoms with E-state index in [1.807, 2.05) is 18.2 Å². The molecule has 1 rings (SSSR count). The Balaban J connectivity index is 2.20. The van der Waals surface area contributed by atoms with E-state index in [4.69, 9.17) is 4.74 Å². The van der Waals surface area contributed by atoms with Gasteiger partial charge in [-0.15, -0.1) is 0 Å². The highest BCUT2D eigenvalue weighted by Crippen LogP contribution is 2.08. The number of ether oxygens (including phenoxy) is 1. The van der Waals surface area contributed by atoms with Crippen LogP contribution >= 0.6 is 0 Å². The molecule has 102 valence electrons. The normalized spacial score (nSPS) is 10.3. The van der Waals surface area contributed by atoms with Crippen LogP contribution < -0.4 is 10.6 Å². The lowest BCUT2D eigenvalue weighted by Crippen LogP contribution is -2.08. The average Bonchev–Trinajstić information content (AvgIpc) is 2.41. The minimum atomic E-state index is 0.814. The number of nitrogens with one attached hydrogen (secondary N) is 2. The summed E-state index contributed by atoms with van der Waals surface area (Å²) < 4.78 is 5.42. The molecule has 0 aromatic carbocycles. The van der Waals surface area contributed by atoms with Crippen molar-refractivity contribution in [2.24, 2.45) is 0 Å². The number of rotatable bonds is 10. The molecule has 0 amide bonds. The fraction of sp³-hybridized carbons (Fsp3) is 0.643. The van der Waals surface area contributed by atoms with E-state index in [2.05, 4.69) is 29.5 Å². The highest BCUT2D eigenvalue weighted by atomic mass is 16.5. The summed E-state index contributed by atoms with van der Waals surface area (Å²) in [5, 5.41) is 6.58. The predicted molar refractivity (Wildman–Crippen MR) is 77.2 cm³/mol. The van der Waals surface area contributed by atoms with Gasteiger partial charge in [0.25, 0.3) is 0 Å². The lowest BCUT2D eigenvalue weighted by molar-refractivity contribution is 0.134. The Labute approximate surface area is 110 Å². The highest BCUT2D eigenvalue weighted by molar-refractivity contribution is 5.44. The van der Waals surface area contributed by atoms with Crippen LogP contribution in [0.1, 0.15) is 33.1 Å². The maximum Gasteiger partial charge on any atom is 0.128 e. The first-order chi connectivity index (χ1) is 8.86. The molecular weight excluding hydrogens is 226 g/mol. The van der Waals surface area contributed by atoms with Crippen LogP contribution in [0.5, 0.6) is 0 Å². The Morgan fingerprint density at radius 2 is 1.72 bits per heavy atom. The van der Waals surface area contributed by atoms with Crippen LogP contribution in [0.15, 0.2) is 18.2 Å². The van der Waals surface area contributed by atoms with Gasteiger partial charge in [0.05, 0.1) is 0 Å². The van der Waals surface area contributed by atoms with Crippen molar-refractivity contribution in [2.45, 2.75) is 33.1 Å². The van der Waals surface area contributed by atoms with Crippen LogP contribution in [-0.2, 0) is 4.74 Å². The number of hydrogen-bond donors (Lipinski definition) is 2. The first-order valence-electron chi connectivity index (χ1n) is 6.89. The Hall–Kier alpha value is -1.29. The molecule has 0 unspecified atom stereocenters. The summed E-state index contributed by atoms with van der Waals surface area (Å²) in [5.74, 6) is 1.86. The molecule has 4 heteroatoms. The summed E-state index contributed by atoms with van der Waals surface area (Å²) in [4.78, 5) is 4.48. The molecule has 0 saturated heterocycles. The van der Waals surface area contributed by atoms with Gasteiger partial charge in [-0.1, -0.05) is 19.9 Å². The first kappa shape index (κ1) is 14.8. The van der Waals surface area contributed by atoms with Gasteiger partial charge < -0.3 is 15.4 Å². The molecule has 0 radical (unpaired) electrons. The minimum absolute atomic E-state index is 0.814. The summed E-state index contributed by atoms with van der Waals surface area (Å²) in [6.07, 6.45) is 3.20. The van der Waals surface area contributed by atoms with Crippen LogP contribution in [0.4, 0.5) is 11.6 Å². The molecule has 0 aliphatic heterocycles. The third-order valence-electron chi connectivity index (χ3n) is 2.43. The fourth-order valence-electron chi connectivity index (χ4n) is 1.52. The monoisotopic (exact) mass is 251 g/mol. The zero-order valence-corrected chi connectivity index (χ0v) is 11.5. The third kappa shape index (κ3) is 6.45. The summed E-state index contributed by atoms with van der Waals surface area (Å²) in [7, 11) is 0. The van der Waals surface area contributed by atoms with Crippen molar-refractivity contribution in [1.82, 2.24) is 4.98 Å². The summed E-state index contributed by atoms with van der Waals surface area (Å²) in [5.41, 5.74) is 0. The van der Waals surface area contributed by atoms with Gasteiger partial charge in [-0.2, -0.15) is 0 Å². The van der Waals surface area contributed by atoms with Gasteiger partial charge >= 0.3 is 0 Å². The van der Waals surface area contributed by atoms with E-state index >= 15 is 0 Å². The molecule has 4 nitrogen and oxygen atoms in total. The third-order valence-corrected chi connectivity index (χ3v) is 2.43. The van der Waals surface area contributed by atoms with E-state index in [1.54, 1.807) is 0 Å². The van der Waals surface area contributed by atoms with Crippen LogP contribution in [0.3, 0.4) is 0 Å². The summed E-state index contributed by atoms with van der Waals surface area (Å²) in [6.45, 7) is 7.79. The molecule has 18 heavy (non-hydrogen) atoms. The van der Waals surface area contributed by atoms with Crippen molar-refractivity contribution < 1.29 is 4.74 Å². The highest BCUT2D eigenvalue weighted by Gasteiger charge is 1.96. The van der Waals surface area contributed by atoms with E-state index < -0.39 is 0 Å². The van der Waals surface area contributed by atoms with Crippen LogP contribution in [0.25, 0.3) is 0 Å². The molecule has 0 saturated carbocycles. The minimum Gasteiger partial charge on any atom is -0.381 e. The van der Waals surface area contributed by atoms with Crippen molar-refractivity contribution in [3.63, 3.8) is 0 Å². The second-order valence-corrected chi connectivity index (χ2v) is 4.23. The Bertz CT molecular complexity index is 318. The second-order valence-electron chi connectivity index (χ2n) is 4.23. The number of anilines is 2. The fourth-order valence-corrected chi connectivity index (χ4v) is 1.52.